The highest BCUT2D eigenvalue weighted by atomic mass is 19.4. The fourth-order valence-corrected chi connectivity index (χ4v) is 16.9. The zero-order chi connectivity index (χ0) is 84.6. The van der Waals surface area contributed by atoms with Gasteiger partial charge in [0.25, 0.3) is 0 Å². The topological polar surface area (TPSA) is 13.0 Å². The predicted octanol–water partition coefficient (Wildman–Crippen LogP) is 32.4. The van der Waals surface area contributed by atoms with E-state index in [1.165, 1.54) is 72.8 Å². The minimum Gasteiger partial charge on any atom is -0.307 e. The number of anilines is 12. The molecule has 123 heavy (non-hydrogen) atoms. The van der Waals surface area contributed by atoms with Crippen LogP contribution in [-0.2, 0) is 6.18 Å². The van der Waals surface area contributed by atoms with Crippen LogP contribution in [0.2, 0.25) is 0 Å². The summed E-state index contributed by atoms with van der Waals surface area (Å²) in [6, 6.07) is 99.0. The van der Waals surface area contributed by atoms with Crippen LogP contribution in [0.15, 0.2) is 364 Å². The second-order valence-electron chi connectivity index (χ2n) is 29.9. The molecule has 4 nitrogen and oxygen atoms in total. The highest BCUT2D eigenvalue weighted by Crippen LogP contribution is 2.53. The highest BCUT2D eigenvalue weighted by molar-refractivity contribution is 6.30. The zero-order valence-corrected chi connectivity index (χ0v) is 64.8. The van der Waals surface area contributed by atoms with Crippen molar-refractivity contribution < 1.29 is 57.1 Å². The molecule has 0 aliphatic carbocycles. The van der Waals surface area contributed by atoms with Crippen molar-refractivity contribution in [2.45, 2.75) is 13.1 Å². The standard InChI is InChI=1S/C54H33F7N2.C52H30F6N2/c1-32-12-14-33(15-13-32)42-28-50(46(57)30-44(42)55)62(38-8-4-2-5-9-38)48-26-20-35-19-25-41-49(27-21-36-18-24-40(48)52(35)53(36)41)63(39-10-6-3-7-11-39)51-29-43(45(56)31-47(51)58)34-16-22-37(23-17-34)54(59,60)61;53-41-17-9-7-15-35(41)39-27-49(45(57)29-43(39)55)59(33-11-3-1-4-12-33)47-25-21-31-20-24-38-48(26-22-32-19-23-37(47)51(31)52(32)38)60(34-13-5-2-6-14-34)50-28-40(44(56)30-46(50)58)36-16-8-10-18-42(36)54/h2-31H,1H3;1-30H. The lowest BCUT2D eigenvalue weighted by molar-refractivity contribution is -0.137. The maximum Gasteiger partial charge on any atom is 0.416 e. The molecule has 0 unspecified atom stereocenters. The summed E-state index contributed by atoms with van der Waals surface area (Å²) in [5.74, 6) is -8.06. The van der Waals surface area contributed by atoms with Crippen molar-refractivity contribution >= 4 is 133 Å². The Labute approximate surface area is 696 Å². The monoisotopic (exact) mass is 1640 g/mol. The molecule has 20 aromatic carbocycles. The maximum absolute atomic E-state index is 16.4. The van der Waals surface area contributed by atoms with E-state index in [4.69, 9.17) is 0 Å². The molecule has 0 aliphatic rings. The second kappa shape index (κ2) is 31.5. The predicted molar refractivity (Wildman–Crippen MR) is 470 cm³/mol. The van der Waals surface area contributed by atoms with Gasteiger partial charge in [-0.3, -0.25) is 0 Å². The molecular weight excluding hydrogens is 1580 g/mol. The molecule has 0 bridgehead atoms. The summed E-state index contributed by atoms with van der Waals surface area (Å²) < 4.78 is 198. The van der Waals surface area contributed by atoms with Gasteiger partial charge in [0, 0.05) is 102 Å². The summed E-state index contributed by atoms with van der Waals surface area (Å²) in [5, 5.41) is 9.70. The summed E-state index contributed by atoms with van der Waals surface area (Å²) in [7, 11) is 0. The van der Waals surface area contributed by atoms with Crippen molar-refractivity contribution in [1.82, 2.24) is 0 Å². The average molecular weight is 1640 g/mol. The molecule has 598 valence electrons. The number of hydrogen-bond acceptors (Lipinski definition) is 4. The Morgan fingerprint density at radius 3 is 0.715 bits per heavy atom. The van der Waals surface area contributed by atoms with E-state index in [-0.39, 0.29) is 61.7 Å². The van der Waals surface area contributed by atoms with Gasteiger partial charge >= 0.3 is 6.18 Å². The number of alkyl halides is 3. The summed E-state index contributed by atoms with van der Waals surface area (Å²) in [6.07, 6.45) is -4.59. The summed E-state index contributed by atoms with van der Waals surface area (Å²) >= 11 is 0. The smallest absolute Gasteiger partial charge is 0.307 e. The van der Waals surface area contributed by atoms with Gasteiger partial charge in [0.2, 0.25) is 0 Å². The van der Waals surface area contributed by atoms with Gasteiger partial charge in [-0.1, -0.05) is 224 Å². The highest BCUT2D eigenvalue weighted by Gasteiger charge is 2.33. The van der Waals surface area contributed by atoms with Gasteiger partial charge in [-0.05, 0) is 182 Å². The van der Waals surface area contributed by atoms with Crippen LogP contribution in [0, 0.1) is 65.1 Å². The van der Waals surface area contributed by atoms with Gasteiger partial charge in [0.1, 0.15) is 58.2 Å². The van der Waals surface area contributed by atoms with Crippen molar-refractivity contribution in [2.24, 2.45) is 0 Å². The SMILES string of the molecule is Cc1ccc(-c2cc(N(c3ccccc3)c3ccc4ccc5c(N(c6ccccc6)c6cc(-c7ccc(C(F)(F)F)cc7)c(F)cc6F)ccc6ccc3c4c65)c(F)cc2F)cc1.Fc1ccccc1-c1cc(N(c2ccccc2)c2ccc3ccc4c(N(c5ccccc5)c5cc(-c6ccccc6F)c(F)cc5F)ccc5ccc2c3c54)c(F)cc1F. The molecule has 0 fully saturated rings. The van der Waals surface area contributed by atoms with Gasteiger partial charge in [-0.15, -0.1) is 0 Å². The molecule has 20 aromatic rings. The zero-order valence-electron chi connectivity index (χ0n) is 64.8. The van der Waals surface area contributed by atoms with Crippen LogP contribution in [0.5, 0.6) is 0 Å². The molecule has 0 spiro atoms. The largest absolute Gasteiger partial charge is 0.416 e. The molecule has 0 saturated carbocycles. The second-order valence-corrected chi connectivity index (χ2v) is 29.9. The van der Waals surface area contributed by atoms with Crippen LogP contribution in [0.1, 0.15) is 11.1 Å². The third kappa shape index (κ3) is 14.1. The van der Waals surface area contributed by atoms with Crippen molar-refractivity contribution in [3.63, 3.8) is 0 Å². The third-order valence-corrected chi connectivity index (χ3v) is 22.6. The minimum absolute atomic E-state index is 0.00395. The normalized spacial score (nSPS) is 11.7. The van der Waals surface area contributed by atoms with E-state index in [9.17, 15) is 13.2 Å². The number of halogens is 13. The van der Waals surface area contributed by atoms with Crippen molar-refractivity contribution in [3.8, 4) is 44.5 Å². The molecule has 0 amide bonds. The third-order valence-electron chi connectivity index (χ3n) is 22.6. The molecule has 0 N–H and O–H groups in total. The van der Waals surface area contributed by atoms with Gasteiger partial charge in [-0.25, -0.2) is 43.9 Å². The summed E-state index contributed by atoms with van der Waals surface area (Å²) in [5.41, 5.74) is 5.56. The Bertz CT molecular complexity index is 7220. The van der Waals surface area contributed by atoms with Crippen LogP contribution in [0.4, 0.5) is 125 Å². The van der Waals surface area contributed by atoms with Crippen LogP contribution >= 0.6 is 0 Å². The van der Waals surface area contributed by atoms with Crippen LogP contribution in [0.25, 0.3) is 109 Å². The fraction of sp³-hybridized carbons (Fsp3) is 0.0189. The van der Waals surface area contributed by atoms with E-state index in [0.717, 1.165) is 101 Å². The lowest BCUT2D eigenvalue weighted by atomic mass is 9.91. The Balaban J connectivity index is 0.000000162. The van der Waals surface area contributed by atoms with Crippen LogP contribution in [-0.4, -0.2) is 0 Å². The number of benzene rings is 20. The number of nitrogens with zero attached hydrogens (tertiary/aromatic N) is 4. The molecule has 0 atom stereocenters. The van der Waals surface area contributed by atoms with Crippen molar-refractivity contribution in [2.75, 3.05) is 19.6 Å². The minimum atomic E-state index is -4.59. The number of rotatable bonds is 16. The molecule has 0 heterocycles. The molecule has 0 aliphatic heterocycles. The number of para-hydroxylation sites is 4. The first-order valence-corrected chi connectivity index (χ1v) is 39.2. The molecule has 17 heteroatoms. The van der Waals surface area contributed by atoms with Crippen LogP contribution in [0.3, 0.4) is 0 Å². The van der Waals surface area contributed by atoms with E-state index in [0.29, 0.717) is 56.4 Å². The molecule has 0 saturated heterocycles. The molecule has 0 aromatic heterocycles. The first kappa shape index (κ1) is 77.7. The molecular formula is C106H63F13N4. The van der Waals surface area contributed by atoms with E-state index in [1.807, 2.05) is 225 Å². The summed E-state index contributed by atoms with van der Waals surface area (Å²) in [6.45, 7) is 1.94. The van der Waals surface area contributed by atoms with E-state index in [2.05, 4.69) is 0 Å². The van der Waals surface area contributed by atoms with Gasteiger partial charge in [0.15, 0.2) is 0 Å². The number of hydrogen-bond donors (Lipinski definition) is 0. The first-order chi connectivity index (χ1) is 59.7. The van der Waals surface area contributed by atoms with Crippen molar-refractivity contribution in [1.29, 1.82) is 0 Å². The lowest BCUT2D eigenvalue weighted by Gasteiger charge is -2.30. The average Bonchev–Trinajstić information content (AvgIpc) is 0.720. The van der Waals surface area contributed by atoms with Crippen LogP contribution < -0.4 is 19.6 Å². The quantitative estimate of drug-likeness (QED) is 0.0706. The van der Waals surface area contributed by atoms with Gasteiger partial charge < -0.3 is 19.6 Å². The fourth-order valence-electron chi connectivity index (χ4n) is 16.9. The van der Waals surface area contributed by atoms with Crippen molar-refractivity contribution in [3.05, 3.63) is 433 Å². The van der Waals surface area contributed by atoms with Gasteiger partial charge in [0.05, 0.1) is 51.1 Å². The Hall–Kier alpha value is -15.2. The first-order valence-electron chi connectivity index (χ1n) is 39.2. The Morgan fingerprint density at radius 1 is 0.195 bits per heavy atom. The molecule has 0 radical (unpaired) electrons. The summed E-state index contributed by atoms with van der Waals surface area (Å²) in [4.78, 5) is 6.85. The molecule has 20 rings (SSSR count). The Kier molecular flexibility index (Phi) is 19.9. The lowest BCUT2D eigenvalue weighted by Crippen LogP contribution is -2.14. The van der Waals surface area contributed by atoms with E-state index in [1.54, 1.807) is 56.0 Å². The van der Waals surface area contributed by atoms with Gasteiger partial charge in [-0.2, -0.15) is 13.2 Å². The number of aryl methyl sites for hydroxylation is 1. The van der Waals surface area contributed by atoms with E-state index < -0.39 is 69.9 Å². The maximum atomic E-state index is 16.4. The Morgan fingerprint density at radius 2 is 0.439 bits per heavy atom. The van der Waals surface area contributed by atoms with E-state index >= 15 is 43.9 Å².